The molecule has 1 aromatic carbocycles. The van der Waals surface area contributed by atoms with Crippen molar-refractivity contribution < 1.29 is 9.21 Å². The van der Waals surface area contributed by atoms with Gasteiger partial charge < -0.3 is 4.42 Å². The van der Waals surface area contributed by atoms with Crippen molar-refractivity contribution in [3.63, 3.8) is 0 Å². The molecule has 0 unspecified atom stereocenters. The molecule has 0 amide bonds. The maximum Gasteiger partial charge on any atom is 0.347 e. The number of allylic oxidation sites excluding steroid dienone is 1. The number of hydrogen-bond acceptors (Lipinski definition) is 4. The molecule has 0 atom stereocenters. The minimum absolute atomic E-state index is 0.0282. The van der Waals surface area contributed by atoms with Gasteiger partial charge in [-0.2, -0.15) is 5.10 Å². The Morgan fingerprint density at radius 1 is 1.35 bits per heavy atom. The van der Waals surface area contributed by atoms with Crippen LogP contribution in [0.25, 0.3) is 17.0 Å². The second-order valence-corrected chi connectivity index (χ2v) is 5.21. The van der Waals surface area contributed by atoms with Crippen LogP contribution >= 0.6 is 0 Å². The van der Waals surface area contributed by atoms with Crippen LogP contribution < -0.4 is 5.63 Å². The lowest BCUT2D eigenvalue weighted by Crippen LogP contribution is -2.11. The zero-order chi connectivity index (χ0) is 16.4. The molecule has 0 aliphatic rings. The summed E-state index contributed by atoms with van der Waals surface area (Å²) in [5.41, 5.74) is 1.56. The first kappa shape index (κ1) is 15.0. The molecule has 0 radical (unpaired) electrons. The van der Waals surface area contributed by atoms with Gasteiger partial charge in [0, 0.05) is 23.7 Å². The van der Waals surface area contributed by atoms with Gasteiger partial charge in [0.05, 0.1) is 5.69 Å². The molecule has 0 bridgehead atoms. The number of benzene rings is 1. The van der Waals surface area contributed by atoms with E-state index in [9.17, 15) is 9.59 Å². The monoisotopic (exact) mass is 308 g/mol. The Morgan fingerprint density at radius 2 is 2.13 bits per heavy atom. The van der Waals surface area contributed by atoms with Crippen molar-refractivity contribution in [1.82, 2.24) is 9.78 Å². The molecule has 5 heteroatoms. The van der Waals surface area contributed by atoms with Crippen LogP contribution in [-0.4, -0.2) is 15.6 Å². The van der Waals surface area contributed by atoms with E-state index in [1.54, 1.807) is 35.0 Å². The summed E-state index contributed by atoms with van der Waals surface area (Å²) in [4.78, 5) is 24.3. The summed E-state index contributed by atoms with van der Waals surface area (Å²) in [5, 5.41) is 5.03. The average molecular weight is 308 g/mol. The van der Waals surface area contributed by atoms with Crippen molar-refractivity contribution in [2.24, 2.45) is 0 Å². The highest BCUT2D eigenvalue weighted by molar-refractivity contribution is 6.07. The normalized spacial score (nSPS) is 11.4. The van der Waals surface area contributed by atoms with E-state index < -0.39 is 5.63 Å². The Labute approximate surface area is 132 Å². The van der Waals surface area contributed by atoms with E-state index in [-0.39, 0.29) is 11.3 Å². The Balaban J connectivity index is 1.94. The Morgan fingerprint density at radius 3 is 2.87 bits per heavy atom. The topological polar surface area (TPSA) is 65.1 Å². The fraction of sp³-hybridized carbons (Fsp3) is 0.167. The van der Waals surface area contributed by atoms with Gasteiger partial charge in [0.15, 0.2) is 5.78 Å². The molecule has 0 aliphatic carbocycles. The average Bonchev–Trinajstić information content (AvgIpc) is 2.92. The molecule has 116 valence electrons. The quantitative estimate of drug-likeness (QED) is 0.422. The summed E-state index contributed by atoms with van der Waals surface area (Å²) in [6.45, 7) is 4.63. The molecule has 0 saturated heterocycles. The molecule has 5 nitrogen and oxygen atoms in total. The Bertz CT molecular complexity index is 964. The van der Waals surface area contributed by atoms with E-state index in [0.717, 1.165) is 23.2 Å². The molecule has 3 rings (SSSR count). The molecule has 0 aliphatic heterocycles. The fourth-order valence-electron chi connectivity index (χ4n) is 2.35. The van der Waals surface area contributed by atoms with Gasteiger partial charge in [-0.3, -0.25) is 9.48 Å². The lowest BCUT2D eigenvalue weighted by atomic mass is 10.1. The van der Waals surface area contributed by atoms with Crippen molar-refractivity contribution in [3.8, 4) is 0 Å². The lowest BCUT2D eigenvalue weighted by molar-refractivity contribution is 0.104. The smallest absolute Gasteiger partial charge is 0.347 e. The van der Waals surface area contributed by atoms with Gasteiger partial charge in [0.1, 0.15) is 11.1 Å². The van der Waals surface area contributed by atoms with Gasteiger partial charge >= 0.3 is 5.63 Å². The minimum atomic E-state index is -0.626. The van der Waals surface area contributed by atoms with Gasteiger partial charge in [0.2, 0.25) is 0 Å². The van der Waals surface area contributed by atoms with Gasteiger partial charge in [-0.1, -0.05) is 18.2 Å². The van der Waals surface area contributed by atoms with Crippen LogP contribution in [0.3, 0.4) is 0 Å². The standard InChI is InChI=1S/C18H16N2O3/c1-3-20-11-14(12(2)19-20)8-9-16(21)15-10-13-6-4-5-7-17(13)23-18(15)22/h4-11H,3H2,1-2H3. The predicted molar refractivity (Wildman–Crippen MR) is 88.5 cm³/mol. The number of fused-ring (bicyclic) bond motifs is 1. The van der Waals surface area contributed by atoms with Crippen LogP contribution in [0.4, 0.5) is 0 Å². The minimum Gasteiger partial charge on any atom is -0.422 e. The number of hydrogen-bond donors (Lipinski definition) is 0. The van der Waals surface area contributed by atoms with Gasteiger partial charge in [-0.15, -0.1) is 0 Å². The maximum absolute atomic E-state index is 12.3. The van der Waals surface area contributed by atoms with Crippen molar-refractivity contribution in [2.45, 2.75) is 20.4 Å². The van der Waals surface area contributed by atoms with E-state index in [0.29, 0.717) is 5.58 Å². The number of ketones is 1. The molecule has 0 spiro atoms. The number of aromatic nitrogens is 2. The molecule has 2 heterocycles. The SMILES string of the molecule is CCn1cc(C=CC(=O)c2cc3ccccc3oc2=O)c(C)n1. The van der Waals surface area contributed by atoms with E-state index in [4.69, 9.17) is 4.42 Å². The van der Waals surface area contributed by atoms with Crippen LogP contribution in [0.1, 0.15) is 28.5 Å². The van der Waals surface area contributed by atoms with E-state index in [1.807, 2.05) is 26.1 Å². The van der Waals surface area contributed by atoms with Gasteiger partial charge in [-0.05, 0) is 38.1 Å². The second kappa shape index (κ2) is 6.04. The molecule has 2 aromatic heterocycles. The summed E-state index contributed by atoms with van der Waals surface area (Å²) in [7, 11) is 0. The summed E-state index contributed by atoms with van der Waals surface area (Å²) >= 11 is 0. The van der Waals surface area contributed by atoms with Crippen LogP contribution in [0.5, 0.6) is 0 Å². The molecule has 0 saturated carbocycles. The van der Waals surface area contributed by atoms with Crippen LogP contribution in [-0.2, 0) is 6.54 Å². The first-order valence-electron chi connectivity index (χ1n) is 7.38. The highest BCUT2D eigenvalue weighted by Crippen LogP contribution is 2.14. The molecular weight excluding hydrogens is 292 g/mol. The van der Waals surface area contributed by atoms with Crippen molar-refractivity contribution in [2.75, 3.05) is 0 Å². The summed E-state index contributed by atoms with van der Waals surface area (Å²) in [6.07, 6.45) is 4.92. The van der Waals surface area contributed by atoms with Crippen molar-refractivity contribution in [1.29, 1.82) is 0 Å². The third-order valence-electron chi connectivity index (χ3n) is 3.63. The fourth-order valence-corrected chi connectivity index (χ4v) is 2.35. The van der Waals surface area contributed by atoms with Crippen molar-refractivity contribution >= 4 is 22.8 Å². The summed E-state index contributed by atoms with van der Waals surface area (Å²) in [6, 6.07) is 8.67. The van der Waals surface area contributed by atoms with Crippen LogP contribution in [0, 0.1) is 6.92 Å². The number of aryl methyl sites for hydroxylation is 2. The van der Waals surface area contributed by atoms with Crippen LogP contribution in [0.15, 0.2) is 51.8 Å². The van der Waals surface area contributed by atoms with Gasteiger partial charge in [0.25, 0.3) is 0 Å². The Hall–Kier alpha value is -2.95. The second-order valence-electron chi connectivity index (χ2n) is 5.21. The van der Waals surface area contributed by atoms with E-state index >= 15 is 0 Å². The Kier molecular flexibility index (Phi) is 3.93. The zero-order valence-corrected chi connectivity index (χ0v) is 12.9. The highest BCUT2D eigenvalue weighted by atomic mass is 16.4. The van der Waals surface area contributed by atoms with Gasteiger partial charge in [-0.25, -0.2) is 4.79 Å². The third-order valence-corrected chi connectivity index (χ3v) is 3.63. The molecule has 3 aromatic rings. The summed E-state index contributed by atoms with van der Waals surface area (Å²) in [5.74, 6) is -0.381. The molecule has 23 heavy (non-hydrogen) atoms. The third kappa shape index (κ3) is 2.99. The lowest BCUT2D eigenvalue weighted by Gasteiger charge is -1.98. The number of para-hydroxylation sites is 1. The largest absolute Gasteiger partial charge is 0.422 e. The molecule has 0 fully saturated rings. The van der Waals surface area contributed by atoms with Crippen molar-refractivity contribution in [3.05, 3.63) is 69.8 Å². The number of rotatable bonds is 4. The number of carbonyl (C=O) groups excluding carboxylic acids is 1. The van der Waals surface area contributed by atoms with E-state index in [1.165, 1.54) is 6.08 Å². The molecular formula is C18H16N2O3. The zero-order valence-electron chi connectivity index (χ0n) is 12.9. The first-order valence-corrected chi connectivity index (χ1v) is 7.38. The first-order chi connectivity index (χ1) is 11.1. The summed E-state index contributed by atoms with van der Waals surface area (Å²) < 4.78 is 6.98. The van der Waals surface area contributed by atoms with E-state index in [2.05, 4.69) is 5.10 Å². The molecule has 0 N–H and O–H groups in total. The maximum atomic E-state index is 12.3. The van der Waals surface area contributed by atoms with Crippen LogP contribution in [0.2, 0.25) is 0 Å². The number of nitrogens with zero attached hydrogens (tertiary/aromatic N) is 2. The highest BCUT2D eigenvalue weighted by Gasteiger charge is 2.11. The predicted octanol–water partition coefficient (Wildman–Crippen LogP) is 3.21. The number of carbonyl (C=O) groups is 1.